The molecule has 1 fully saturated rings. The number of hydrogen-bond acceptors (Lipinski definition) is 6. The molecule has 0 unspecified atom stereocenters. The third-order valence-electron chi connectivity index (χ3n) is 5.12. The normalized spacial score (nSPS) is 16.0. The number of aliphatic hydroxyl groups excluding tert-OH is 1. The van der Waals surface area contributed by atoms with Gasteiger partial charge in [-0.2, -0.15) is 4.98 Å². The number of H-pyrrole nitrogens is 1. The van der Waals surface area contributed by atoms with E-state index in [-0.39, 0.29) is 6.54 Å². The van der Waals surface area contributed by atoms with Crippen LogP contribution in [0.4, 0.5) is 11.6 Å². The molecule has 9 nitrogen and oxygen atoms in total. The Morgan fingerprint density at radius 3 is 2.39 bits per heavy atom. The smallest absolute Gasteiger partial charge is 0.329 e. The Morgan fingerprint density at radius 2 is 1.75 bits per heavy atom. The Morgan fingerprint density at radius 1 is 1.11 bits per heavy atom. The highest BCUT2D eigenvalue weighted by Gasteiger charge is 2.25. The number of aromatic nitrogens is 4. The number of imidazole rings is 1. The number of piperazine rings is 1. The largest absolute Gasteiger partial charge is 0.392 e. The van der Waals surface area contributed by atoms with Gasteiger partial charge >= 0.3 is 5.69 Å². The van der Waals surface area contributed by atoms with Crippen LogP contribution in [0.5, 0.6) is 0 Å². The van der Waals surface area contributed by atoms with Gasteiger partial charge in [-0.1, -0.05) is 18.2 Å². The van der Waals surface area contributed by atoms with Crippen molar-refractivity contribution in [2.45, 2.75) is 19.6 Å². The lowest BCUT2D eigenvalue weighted by Crippen LogP contribution is -2.47. The molecular weight excluding hydrogens is 360 g/mol. The second-order valence-corrected chi connectivity index (χ2v) is 7.17. The summed E-state index contributed by atoms with van der Waals surface area (Å²) in [7, 11) is 1.58. The highest BCUT2D eigenvalue weighted by atomic mass is 16.3. The van der Waals surface area contributed by atoms with Gasteiger partial charge in [0.2, 0.25) is 5.95 Å². The van der Waals surface area contributed by atoms with E-state index >= 15 is 0 Å². The lowest BCUT2D eigenvalue weighted by Gasteiger charge is -2.36. The fraction of sp³-hybridized carbons (Fsp3) is 0.421. The van der Waals surface area contributed by atoms with Crippen molar-refractivity contribution in [2.75, 3.05) is 36.0 Å². The maximum absolute atomic E-state index is 12.4. The van der Waals surface area contributed by atoms with Crippen LogP contribution in [0.25, 0.3) is 11.2 Å². The summed E-state index contributed by atoms with van der Waals surface area (Å²) in [5.41, 5.74) is 0.830. The molecule has 28 heavy (non-hydrogen) atoms. The van der Waals surface area contributed by atoms with Crippen molar-refractivity contribution < 1.29 is 5.11 Å². The average Bonchev–Trinajstić information content (AvgIpc) is 3.06. The minimum atomic E-state index is -0.654. The van der Waals surface area contributed by atoms with Gasteiger partial charge in [-0.25, -0.2) is 4.79 Å². The number of anilines is 2. The number of rotatable bonds is 4. The standard InChI is InChI=1S/C19H24N6O3/c1-13(26)12-25-15-16(22(2)19(28)21-17(15)27)20-18(25)24-10-8-23(9-11-24)14-6-4-3-5-7-14/h3-7,13,26H,8-12H2,1-2H3,(H,21,27,28)/t13-/m1/s1. The molecule has 3 aromatic rings. The van der Waals surface area contributed by atoms with E-state index in [1.807, 2.05) is 18.2 Å². The second-order valence-electron chi connectivity index (χ2n) is 7.17. The number of hydrogen-bond donors (Lipinski definition) is 2. The molecule has 0 radical (unpaired) electrons. The number of aliphatic hydroxyl groups is 1. The topological polar surface area (TPSA) is 99.4 Å². The summed E-state index contributed by atoms with van der Waals surface area (Å²) < 4.78 is 3.05. The molecule has 1 aliphatic heterocycles. The first-order valence-corrected chi connectivity index (χ1v) is 9.38. The minimum Gasteiger partial charge on any atom is -0.392 e. The van der Waals surface area contributed by atoms with E-state index in [4.69, 9.17) is 0 Å². The van der Waals surface area contributed by atoms with Gasteiger partial charge in [0.15, 0.2) is 11.2 Å². The molecule has 0 amide bonds. The van der Waals surface area contributed by atoms with Crippen molar-refractivity contribution in [3.8, 4) is 0 Å². The van der Waals surface area contributed by atoms with Crippen LogP contribution in [0.1, 0.15) is 6.92 Å². The fourth-order valence-electron chi connectivity index (χ4n) is 3.71. The van der Waals surface area contributed by atoms with E-state index in [0.29, 0.717) is 17.1 Å². The van der Waals surface area contributed by atoms with Crippen molar-refractivity contribution >= 4 is 22.8 Å². The van der Waals surface area contributed by atoms with Gasteiger partial charge in [-0.15, -0.1) is 0 Å². The summed E-state index contributed by atoms with van der Waals surface area (Å²) in [5, 5.41) is 9.96. The molecule has 1 saturated heterocycles. The van der Waals surface area contributed by atoms with Crippen LogP contribution in [-0.4, -0.2) is 56.5 Å². The van der Waals surface area contributed by atoms with Crippen LogP contribution >= 0.6 is 0 Å². The van der Waals surface area contributed by atoms with Crippen LogP contribution in [0.15, 0.2) is 39.9 Å². The summed E-state index contributed by atoms with van der Waals surface area (Å²) in [4.78, 5) is 35.8. The number of nitrogens with zero attached hydrogens (tertiary/aromatic N) is 5. The van der Waals surface area contributed by atoms with Crippen LogP contribution in [0.2, 0.25) is 0 Å². The zero-order valence-corrected chi connectivity index (χ0v) is 16.0. The van der Waals surface area contributed by atoms with Crippen LogP contribution in [0, 0.1) is 0 Å². The molecule has 1 aliphatic rings. The van der Waals surface area contributed by atoms with Crippen molar-refractivity contribution in [1.29, 1.82) is 0 Å². The minimum absolute atomic E-state index is 0.228. The molecule has 0 aliphatic carbocycles. The van der Waals surface area contributed by atoms with Crippen molar-refractivity contribution in [3.63, 3.8) is 0 Å². The molecule has 2 aromatic heterocycles. The van der Waals surface area contributed by atoms with Gasteiger partial charge in [0.1, 0.15) is 0 Å². The van der Waals surface area contributed by atoms with E-state index < -0.39 is 17.4 Å². The summed E-state index contributed by atoms with van der Waals surface area (Å²) in [6, 6.07) is 10.2. The molecule has 148 valence electrons. The molecule has 2 N–H and O–H groups in total. The third kappa shape index (κ3) is 3.18. The van der Waals surface area contributed by atoms with Gasteiger partial charge in [0.05, 0.1) is 12.6 Å². The molecule has 1 aromatic carbocycles. The Balaban J connectivity index is 1.71. The van der Waals surface area contributed by atoms with E-state index in [1.54, 1.807) is 18.5 Å². The molecule has 0 spiro atoms. The van der Waals surface area contributed by atoms with E-state index in [2.05, 4.69) is 31.9 Å². The lowest BCUT2D eigenvalue weighted by atomic mass is 10.2. The van der Waals surface area contributed by atoms with E-state index in [0.717, 1.165) is 26.2 Å². The van der Waals surface area contributed by atoms with E-state index in [9.17, 15) is 14.7 Å². The first kappa shape index (κ1) is 18.3. The van der Waals surface area contributed by atoms with Crippen LogP contribution in [-0.2, 0) is 13.6 Å². The van der Waals surface area contributed by atoms with Gasteiger partial charge in [-0.05, 0) is 19.1 Å². The number of aromatic amines is 1. The Kier molecular flexibility index (Phi) is 4.68. The fourth-order valence-corrected chi connectivity index (χ4v) is 3.71. The lowest BCUT2D eigenvalue weighted by molar-refractivity contribution is 0.175. The molecule has 0 bridgehead atoms. The molecule has 9 heteroatoms. The quantitative estimate of drug-likeness (QED) is 0.663. The predicted octanol–water partition coefficient (Wildman–Crippen LogP) is 0.131. The number of nitrogens with one attached hydrogen (secondary N) is 1. The van der Waals surface area contributed by atoms with Crippen LogP contribution in [0.3, 0.4) is 0 Å². The van der Waals surface area contributed by atoms with Gasteiger partial charge < -0.3 is 19.5 Å². The highest BCUT2D eigenvalue weighted by molar-refractivity contribution is 5.74. The second kappa shape index (κ2) is 7.16. The zero-order valence-electron chi connectivity index (χ0n) is 16.0. The maximum atomic E-state index is 12.4. The van der Waals surface area contributed by atoms with Crippen LogP contribution < -0.4 is 21.0 Å². The first-order chi connectivity index (χ1) is 13.5. The average molecular weight is 384 g/mol. The van der Waals surface area contributed by atoms with Gasteiger partial charge in [0, 0.05) is 38.9 Å². The van der Waals surface area contributed by atoms with Gasteiger partial charge in [-0.3, -0.25) is 14.3 Å². The van der Waals surface area contributed by atoms with Gasteiger partial charge in [0.25, 0.3) is 5.56 Å². The highest BCUT2D eigenvalue weighted by Crippen LogP contribution is 2.23. The SMILES string of the molecule is C[C@@H](O)Cn1c(N2CCN(c3ccccc3)CC2)nc2c1c(=O)[nH]c(=O)n2C. The molecule has 0 saturated carbocycles. The molecular formula is C19H24N6O3. The first-order valence-electron chi connectivity index (χ1n) is 9.38. The Labute approximate surface area is 161 Å². The summed E-state index contributed by atoms with van der Waals surface area (Å²) in [5.74, 6) is 0.607. The maximum Gasteiger partial charge on any atom is 0.329 e. The molecule has 1 atom stereocenters. The number of benzene rings is 1. The number of para-hydroxylation sites is 1. The monoisotopic (exact) mass is 384 g/mol. The predicted molar refractivity (Wildman–Crippen MR) is 108 cm³/mol. The number of fused-ring (bicyclic) bond motifs is 1. The Hall–Kier alpha value is -3.07. The summed E-state index contributed by atoms with van der Waals surface area (Å²) in [6.07, 6.45) is -0.654. The summed E-state index contributed by atoms with van der Waals surface area (Å²) in [6.45, 7) is 4.98. The zero-order chi connectivity index (χ0) is 19.8. The third-order valence-corrected chi connectivity index (χ3v) is 5.12. The summed E-state index contributed by atoms with van der Waals surface area (Å²) >= 11 is 0. The van der Waals surface area contributed by atoms with Crippen molar-refractivity contribution in [1.82, 2.24) is 19.1 Å². The molecule has 4 rings (SSSR count). The molecule has 3 heterocycles. The van der Waals surface area contributed by atoms with E-state index in [1.165, 1.54) is 10.3 Å². The van der Waals surface area contributed by atoms with Crippen molar-refractivity contribution in [2.24, 2.45) is 7.05 Å². The Bertz CT molecular complexity index is 1090. The number of aryl methyl sites for hydroxylation is 1. The van der Waals surface area contributed by atoms with Crippen molar-refractivity contribution in [3.05, 3.63) is 51.2 Å².